The highest BCUT2D eigenvalue weighted by Crippen LogP contribution is 2.67. The third-order valence-corrected chi connectivity index (χ3v) is 31.6. The normalized spacial score (nSPS) is 23.3. The maximum atomic E-state index is 3.86. The Kier molecular flexibility index (Phi) is 53.9. The molecule has 16 heteroatoms. The highest BCUT2D eigenvalue weighted by atomic mass is 15.3. The summed E-state index contributed by atoms with van der Waals surface area (Å²) in [6, 6.07) is 44.2. The molecule has 4 aromatic carbocycles. The summed E-state index contributed by atoms with van der Waals surface area (Å²) < 4.78 is 0. The van der Waals surface area contributed by atoms with E-state index in [0.29, 0.717) is 69.4 Å². The highest BCUT2D eigenvalue weighted by molar-refractivity contribution is 5.30. The smallest absolute Gasteiger partial charge is 0.0547 e. The molecule has 4 aromatic rings. The molecule has 12 N–H and O–H groups in total. The monoisotopic (exact) mass is 2050 g/mol. The second-order valence-corrected chi connectivity index (χ2v) is 61.4. The van der Waals surface area contributed by atoms with Crippen molar-refractivity contribution >= 4 is 0 Å². The molecule has 852 valence electrons. The van der Waals surface area contributed by atoms with Crippen LogP contribution in [0.4, 0.5) is 0 Å². The molecule has 9 saturated carbocycles. The average Bonchev–Trinajstić information content (AvgIpc) is 0.986. The Morgan fingerprint density at radius 3 is 0.864 bits per heavy atom. The lowest BCUT2D eigenvalue weighted by Crippen LogP contribution is -2.59. The van der Waals surface area contributed by atoms with E-state index in [-0.39, 0.29) is 73.0 Å². The Labute approximate surface area is 913 Å². The summed E-state index contributed by atoms with van der Waals surface area (Å²) in [6.07, 6.45) is 24.9. The maximum Gasteiger partial charge on any atom is 0.0547 e. The fourth-order valence-corrected chi connectivity index (χ4v) is 23.4. The second kappa shape index (κ2) is 58.5. The SMILES string of the molecule is CC(C)(C)NCC12CC3CC(C1)CC(CNC(C)(C)C)(C3)C2.CC(C)(C)NCCC12CC3CC(C1)CC(CNC(C)(C)C)(C3)C2.CC(C)NCC(C)(C)CNC(C)(C)C.CC(C)NCCNC(C)C.CC(C)NCc1ccc(CNC(C)(C)C)cc1.CC(C)NCc1cccc(CNC(C)(C)C)c1.CN([C@@H](c1ccccc1)[C@H](c1ccccc1)N(C)C(C)(C)C)C(C)(C)C.CN([C@@H]1CCCC[C@@H]1N(C)C(C)(C)C)C(C)(C)C. The van der Waals surface area contributed by atoms with E-state index in [1.165, 1.54) is 169 Å². The Bertz CT molecular complexity index is 4020. The van der Waals surface area contributed by atoms with Gasteiger partial charge >= 0.3 is 0 Å². The van der Waals surface area contributed by atoms with E-state index in [4.69, 9.17) is 0 Å². The zero-order valence-electron chi connectivity index (χ0n) is 106. The van der Waals surface area contributed by atoms with E-state index in [1.54, 1.807) is 0 Å². The summed E-state index contributed by atoms with van der Waals surface area (Å²) in [6.45, 7) is 114. The van der Waals surface area contributed by atoms with Crippen molar-refractivity contribution in [2.24, 2.45) is 50.7 Å². The van der Waals surface area contributed by atoms with Gasteiger partial charge in [-0.25, -0.2) is 0 Å². The molecule has 9 fully saturated rings. The van der Waals surface area contributed by atoms with Gasteiger partial charge in [0, 0.05) is 175 Å². The van der Waals surface area contributed by atoms with E-state index >= 15 is 0 Å². The highest BCUT2D eigenvalue weighted by Gasteiger charge is 2.59. The Morgan fingerprint density at radius 2 is 0.565 bits per heavy atom. The van der Waals surface area contributed by atoms with Crippen LogP contribution in [0, 0.1) is 50.7 Å². The Morgan fingerprint density at radius 1 is 0.279 bits per heavy atom. The predicted octanol–water partition coefficient (Wildman–Crippen LogP) is 28.3. The van der Waals surface area contributed by atoms with Gasteiger partial charge in [-0.1, -0.05) is 205 Å². The molecule has 0 spiro atoms. The van der Waals surface area contributed by atoms with Crippen molar-refractivity contribution in [1.29, 1.82) is 0 Å². The molecule has 9 aliphatic rings. The minimum atomic E-state index is 0.0618. The molecule has 0 amide bonds. The van der Waals surface area contributed by atoms with Gasteiger partial charge in [0.1, 0.15) is 0 Å². The van der Waals surface area contributed by atoms with Crippen molar-refractivity contribution in [3.63, 3.8) is 0 Å². The molecule has 0 saturated heterocycles. The van der Waals surface area contributed by atoms with E-state index in [9.17, 15) is 0 Å². The summed E-state index contributed by atoms with van der Waals surface area (Å²) in [5, 5.41) is 42.9. The van der Waals surface area contributed by atoms with Gasteiger partial charge in [-0.3, -0.25) is 19.6 Å². The van der Waals surface area contributed by atoms with Crippen LogP contribution in [0.5, 0.6) is 0 Å². The molecule has 8 bridgehead atoms. The molecular formula is C131H248N16. The first-order valence-electron chi connectivity index (χ1n) is 59.1. The van der Waals surface area contributed by atoms with Gasteiger partial charge < -0.3 is 63.8 Å². The molecular weight excluding hydrogens is 1800 g/mol. The molecule has 0 heterocycles. The van der Waals surface area contributed by atoms with Crippen molar-refractivity contribution in [2.75, 3.05) is 80.5 Å². The van der Waals surface area contributed by atoms with Gasteiger partial charge in [0.15, 0.2) is 0 Å². The first-order chi connectivity index (χ1) is 67.0. The molecule has 0 radical (unpaired) electrons. The van der Waals surface area contributed by atoms with Crippen molar-refractivity contribution in [2.45, 2.75) is 562 Å². The molecule has 13 rings (SSSR count). The number of nitrogens with zero attached hydrogens (tertiary/aromatic N) is 4. The van der Waals surface area contributed by atoms with Crippen molar-refractivity contribution in [3.8, 4) is 0 Å². The first kappa shape index (κ1) is 136. The zero-order chi connectivity index (χ0) is 112. The maximum absolute atomic E-state index is 3.86. The van der Waals surface area contributed by atoms with E-state index in [1.807, 2.05) is 0 Å². The lowest BCUT2D eigenvalue weighted by Gasteiger charge is -2.63. The van der Waals surface area contributed by atoms with E-state index in [2.05, 4.69) is 532 Å². The number of hydrogen-bond donors (Lipinski definition) is 12. The summed E-state index contributed by atoms with van der Waals surface area (Å²) in [4.78, 5) is 10.2. The molecule has 6 atom stereocenters. The molecule has 147 heavy (non-hydrogen) atoms. The quantitative estimate of drug-likeness (QED) is 0.0195. The van der Waals surface area contributed by atoms with Crippen LogP contribution in [0.25, 0.3) is 0 Å². The minimum Gasteiger partial charge on any atom is -0.314 e. The minimum absolute atomic E-state index is 0.0618. The summed E-state index contributed by atoms with van der Waals surface area (Å²) in [5.74, 6) is 4.05. The molecule has 9 aliphatic carbocycles. The van der Waals surface area contributed by atoms with Crippen LogP contribution in [-0.2, 0) is 26.2 Å². The zero-order valence-corrected chi connectivity index (χ0v) is 106. The van der Waals surface area contributed by atoms with Gasteiger partial charge in [0.2, 0.25) is 0 Å². The largest absolute Gasteiger partial charge is 0.314 e. The van der Waals surface area contributed by atoms with Crippen LogP contribution < -0.4 is 63.8 Å². The first-order valence-corrected chi connectivity index (χ1v) is 59.1. The molecule has 16 nitrogen and oxygen atoms in total. The summed E-state index contributed by atoms with van der Waals surface area (Å²) in [7, 11) is 9.12. The average molecular weight is 2050 g/mol. The third-order valence-electron chi connectivity index (χ3n) is 31.6. The second-order valence-electron chi connectivity index (χ2n) is 61.4. The Balaban J connectivity index is 0.000000354. The number of rotatable bonds is 36. The lowest BCUT2D eigenvalue weighted by atomic mass is 9.43. The van der Waals surface area contributed by atoms with Crippen LogP contribution in [0.15, 0.2) is 109 Å². The number of hydrogen-bond acceptors (Lipinski definition) is 16. The van der Waals surface area contributed by atoms with Crippen LogP contribution in [0.1, 0.15) is 466 Å². The standard InChI is InChI=1S/C24H36N2.C21H40N2.C20H38N2.C16H34N2.2C15H26N2.C12H28N2.C8H20N2/c1-23(2,3)25(7)21(19-15-11-9-12-16-19)22(26(8)24(4,5)6)20-17-13-10-14-18-20;1-18(2,3)22-8-7-20-10-16-9-17(11-20)13-21(12-16,14-20)15-23-19(4,5)6;1-17(2,3)21-13-19-8-15-7-16(9-19)11-20(10-15,12-19)14-22-18(4,5)6;1-15(2,3)17(7)13-11-9-10-12-14(13)18(8)16(4,5)6;1-12(2)16-10-13-6-8-14(9-7-13)11-17-15(3,4)5;1-12(2)16-10-13-7-6-8-14(9-13)11-17-15(3,4)5;1-10(2)13-8-12(6,7)9-14-11(3,4)5;1-7(2)9-5-6-10-8(3)4/h9-18,21-22H,1-8H3;16-17,22-23H,7-15H2,1-6H3;15-16,21-22H,7-14H2,1-6H3;13-14H,9-12H2,1-8H3;2*6-9,12,16-17H,10-11H2,1-5H3;10,13-14H,8-9H2,1-7H3;7-10H,5-6H2,1-4H3/t21-,22-;;;13-,14+;;;;/m0......./s1. The molecule has 2 unspecified atom stereocenters. The third kappa shape index (κ3) is 54.7. The van der Waals surface area contributed by atoms with E-state index < -0.39 is 0 Å². The van der Waals surface area contributed by atoms with Crippen LogP contribution in [0.2, 0.25) is 0 Å². The van der Waals surface area contributed by atoms with Crippen molar-refractivity contribution in [3.05, 3.63) is 143 Å². The number of likely N-dealkylation sites (N-methyl/N-ethyl adjacent to an activating group) is 4. The van der Waals surface area contributed by atoms with Gasteiger partial charge in [-0.2, -0.15) is 0 Å². The molecule has 0 aromatic heterocycles. The van der Waals surface area contributed by atoms with Gasteiger partial charge in [-0.05, 0) is 444 Å². The predicted molar refractivity (Wildman–Crippen MR) is 650 cm³/mol. The van der Waals surface area contributed by atoms with Gasteiger partial charge in [0.25, 0.3) is 0 Å². The molecule has 0 aliphatic heterocycles. The van der Waals surface area contributed by atoms with Crippen molar-refractivity contribution in [1.82, 2.24) is 83.4 Å². The number of benzene rings is 4. The van der Waals surface area contributed by atoms with Crippen molar-refractivity contribution < 1.29 is 0 Å². The summed E-state index contributed by atoms with van der Waals surface area (Å²) >= 11 is 0. The van der Waals surface area contributed by atoms with Gasteiger partial charge in [0.05, 0.1) is 12.1 Å². The Hall–Kier alpha value is -3.76. The van der Waals surface area contributed by atoms with Crippen LogP contribution in [0.3, 0.4) is 0 Å². The van der Waals surface area contributed by atoms with Gasteiger partial charge in [-0.15, -0.1) is 0 Å². The van der Waals surface area contributed by atoms with E-state index in [0.717, 1.165) is 76.0 Å². The topological polar surface area (TPSA) is 157 Å². The van der Waals surface area contributed by atoms with Crippen LogP contribution >= 0.6 is 0 Å². The fourth-order valence-electron chi connectivity index (χ4n) is 23.4. The fraction of sp³-hybridized carbons (Fsp3) is 0.817. The number of nitrogens with one attached hydrogen (secondary N) is 12. The van der Waals surface area contributed by atoms with Crippen LogP contribution in [-0.4, -0.2) is 203 Å². The summed E-state index contributed by atoms with van der Waals surface area (Å²) in [5.41, 5.74) is 13.1. The lowest BCUT2D eigenvalue weighted by molar-refractivity contribution is -0.114.